The molecule has 3 heterocycles. The number of anilines is 2. The first-order valence-electron chi connectivity index (χ1n) is 11.4. The molecule has 3 aromatic rings. The van der Waals surface area contributed by atoms with Crippen LogP contribution >= 0.6 is 0 Å². The van der Waals surface area contributed by atoms with Crippen LogP contribution in [0.1, 0.15) is 12.3 Å². The van der Waals surface area contributed by atoms with E-state index >= 15 is 0 Å². The summed E-state index contributed by atoms with van der Waals surface area (Å²) in [4.78, 5) is 36.1. The van der Waals surface area contributed by atoms with Gasteiger partial charge in [0.25, 0.3) is 0 Å². The summed E-state index contributed by atoms with van der Waals surface area (Å²) in [5.74, 6) is 1.44. The Morgan fingerprint density at radius 3 is 2.56 bits per heavy atom. The van der Waals surface area contributed by atoms with Crippen molar-refractivity contribution in [1.29, 1.82) is 0 Å². The van der Waals surface area contributed by atoms with Gasteiger partial charge in [0.1, 0.15) is 5.75 Å². The highest BCUT2D eigenvalue weighted by Crippen LogP contribution is 2.30. The van der Waals surface area contributed by atoms with Crippen LogP contribution in [0.3, 0.4) is 0 Å². The van der Waals surface area contributed by atoms with Crippen molar-refractivity contribution < 1.29 is 18.8 Å². The molecule has 34 heavy (non-hydrogen) atoms. The van der Waals surface area contributed by atoms with Gasteiger partial charge < -0.3 is 24.0 Å². The lowest BCUT2D eigenvalue weighted by molar-refractivity contribution is -0.136. The summed E-state index contributed by atoms with van der Waals surface area (Å²) in [5.41, 5.74) is 2.60. The Morgan fingerprint density at radius 1 is 1.06 bits per heavy atom. The maximum absolute atomic E-state index is 13.2. The zero-order chi connectivity index (χ0) is 23.7. The number of piperazine rings is 1. The molecule has 2 aliphatic heterocycles. The largest absolute Gasteiger partial charge is 0.497 e. The monoisotopic (exact) mass is 461 g/mol. The highest BCUT2D eigenvalue weighted by atomic mass is 16.5. The van der Waals surface area contributed by atoms with Gasteiger partial charge in [0.2, 0.25) is 23.5 Å². The van der Waals surface area contributed by atoms with Crippen LogP contribution in [-0.2, 0) is 9.59 Å². The van der Waals surface area contributed by atoms with Gasteiger partial charge in [0.15, 0.2) is 0 Å². The second kappa shape index (κ2) is 9.17. The third-order valence-electron chi connectivity index (χ3n) is 6.43. The fraction of sp³-hybridized carbons (Fsp3) is 0.360. The molecule has 0 unspecified atom stereocenters. The second-order valence-electron chi connectivity index (χ2n) is 8.61. The number of benzene rings is 2. The van der Waals surface area contributed by atoms with Crippen molar-refractivity contribution in [2.45, 2.75) is 13.3 Å². The lowest BCUT2D eigenvalue weighted by atomic mass is 10.1. The molecule has 0 N–H and O–H groups in total. The average molecular weight is 462 g/mol. The molecule has 1 atom stereocenters. The van der Waals surface area contributed by atoms with Crippen LogP contribution in [0.4, 0.5) is 11.4 Å². The van der Waals surface area contributed by atoms with Gasteiger partial charge in [0.05, 0.1) is 13.0 Å². The molecule has 1 aromatic heterocycles. The molecule has 2 amide bonds. The minimum atomic E-state index is -0.341. The van der Waals surface area contributed by atoms with Crippen molar-refractivity contribution in [3.63, 3.8) is 0 Å². The van der Waals surface area contributed by atoms with Crippen molar-refractivity contribution in [2.24, 2.45) is 5.92 Å². The average Bonchev–Trinajstić information content (AvgIpc) is 3.49. The Bertz CT molecular complexity index is 1200. The highest BCUT2D eigenvalue weighted by molar-refractivity contribution is 6.00. The first-order chi connectivity index (χ1) is 16.5. The van der Waals surface area contributed by atoms with Gasteiger partial charge >= 0.3 is 0 Å². The maximum Gasteiger partial charge on any atom is 0.228 e. The van der Waals surface area contributed by atoms with Crippen LogP contribution < -0.4 is 14.5 Å². The van der Waals surface area contributed by atoms with Gasteiger partial charge in [-0.05, 0) is 24.3 Å². The molecular weight excluding hydrogens is 434 g/mol. The van der Waals surface area contributed by atoms with Gasteiger partial charge in [-0.15, -0.1) is 0 Å². The first-order valence-corrected chi connectivity index (χ1v) is 11.4. The fourth-order valence-electron chi connectivity index (χ4n) is 4.60. The molecule has 0 aliphatic carbocycles. The molecule has 2 aliphatic rings. The molecule has 5 rings (SSSR count). The van der Waals surface area contributed by atoms with Crippen LogP contribution in [0.5, 0.6) is 5.75 Å². The number of hydrogen-bond acceptors (Lipinski definition) is 7. The van der Waals surface area contributed by atoms with E-state index in [0.717, 1.165) is 35.8 Å². The van der Waals surface area contributed by atoms with E-state index in [2.05, 4.69) is 21.1 Å². The molecule has 9 nitrogen and oxygen atoms in total. The number of ether oxygens (including phenoxy) is 1. The van der Waals surface area contributed by atoms with Gasteiger partial charge in [-0.2, -0.15) is 4.98 Å². The Balaban J connectivity index is 1.22. The fourth-order valence-corrected chi connectivity index (χ4v) is 4.60. The highest BCUT2D eigenvalue weighted by Gasteiger charge is 2.38. The summed E-state index contributed by atoms with van der Waals surface area (Å²) in [6.07, 6.45) is 0.223. The molecule has 176 valence electrons. The van der Waals surface area contributed by atoms with Crippen LogP contribution in [0.15, 0.2) is 53.1 Å². The van der Waals surface area contributed by atoms with Crippen molar-refractivity contribution >= 4 is 23.2 Å². The number of hydrogen-bond donors (Lipinski definition) is 0. The van der Waals surface area contributed by atoms with E-state index in [4.69, 9.17) is 9.26 Å². The summed E-state index contributed by atoms with van der Waals surface area (Å²) in [6.45, 7) is 4.87. The van der Waals surface area contributed by atoms with E-state index in [0.29, 0.717) is 31.3 Å². The van der Waals surface area contributed by atoms with E-state index in [1.165, 1.54) is 0 Å². The van der Waals surface area contributed by atoms with Crippen molar-refractivity contribution in [2.75, 3.05) is 49.6 Å². The molecule has 0 bridgehead atoms. The first kappa shape index (κ1) is 21.9. The number of rotatable bonds is 5. The molecule has 9 heteroatoms. The summed E-state index contributed by atoms with van der Waals surface area (Å²) in [7, 11) is 1.66. The normalized spacial score (nSPS) is 18.5. The Kier molecular flexibility index (Phi) is 5.91. The summed E-state index contributed by atoms with van der Waals surface area (Å²) in [6, 6.07) is 15.4. The Labute approximate surface area is 197 Å². The Hall–Kier alpha value is -3.88. The molecule has 2 aromatic carbocycles. The van der Waals surface area contributed by atoms with Crippen LogP contribution in [0, 0.1) is 12.8 Å². The SMILES string of the molecule is COc1cccc(N2CCN(C(=O)[C@H]3CC(=O)N(c4cccc(-c5noc(C)n5)c4)C3)CC2)c1. The molecule has 2 saturated heterocycles. The van der Waals surface area contributed by atoms with Crippen molar-refractivity contribution in [3.05, 3.63) is 54.4 Å². The van der Waals surface area contributed by atoms with E-state index in [9.17, 15) is 9.59 Å². The van der Waals surface area contributed by atoms with Crippen LogP contribution in [0.2, 0.25) is 0 Å². The lowest BCUT2D eigenvalue weighted by Gasteiger charge is -2.37. The summed E-state index contributed by atoms with van der Waals surface area (Å²) >= 11 is 0. The van der Waals surface area contributed by atoms with Gasteiger partial charge in [-0.3, -0.25) is 9.59 Å². The van der Waals surface area contributed by atoms with Crippen molar-refractivity contribution in [3.8, 4) is 17.1 Å². The van der Waals surface area contributed by atoms with Crippen LogP contribution in [-0.4, -0.2) is 66.7 Å². The number of aryl methyl sites for hydroxylation is 1. The summed E-state index contributed by atoms with van der Waals surface area (Å²) < 4.78 is 10.4. The minimum absolute atomic E-state index is 0.0465. The number of carbonyl (C=O) groups excluding carboxylic acids is 2. The maximum atomic E-state index is 13.2. The number of nitrogens with zero attached hydrogens (tertiary/aromatic N) is 5. The smallest absolute Gasteiger partial charge is 0.228 e. The number of methoxy groups -OCH3 is 1. The third-order valence-corrected chi connectivity index (χ3v) is 6.43. The Morgan fingerprint density at radius 2 is 1.82 bits per heavy atom. The molecule has 0 saturated carbocycles. The van der Waals surface area contributed by atoms with E-state index in [1.807, 2.05) is 47.4 Å². The van der Waals surface area contributed by atoms with Gasteiger partial charge in [-0.25, -0.2) is 0 Å². The van der Waals surface area contributed by atoms with Crippen LogP contribution in [0.25, 0.3) is 11.4 Å². The molecule has 0 spiro atoms. The van der Waals surface area contributed by atoms with Crippen molar-refractivity contribution in [1.82, 2.24) is 15.0 Å². The number of amides is 2. The number of aromatic nitrogens is 2. The van der Waals surface area contributed by atoms with E-state index < -0.39 is 0 Å². The predicted octanol–water partition coefficient (Wildman–Crippen LogP) is 2.76. The lowest BCUT2D eigenvalue weighted by Crippen LogP contribution is -2.50. The zero-order valence-corrected chi connectivity index (χ0v) is 19.3. The van der Waals surface area contributed by atoms with E-state index in [-0.39, 0.29) is 24.2 Å². The number of carbonyl (C=O) groups is 2. The van der Waals surface area contributed by atoms with Gasteiger partial charge in [-0.1, -0.05) is 23.4 Å². The minimum Gasteiger partial charge on any atom is -0.497 e. The standard InChI is InChI=1S/C25H27N5O4/c1-17-26-24(27-34-17)18-5-3-7-21(13-18)30-16-19(14-23(30)31)25(32)29-11-9-28(10-12-29)20-6-4-8-22(15-20)33-2/h3-8,13,15,19H,9-12,14,16H2,1-2H3/t19-/m0/s1. The molecular formula is C25H27N5O4. The zero-order valence-electron chi connectivity index (χ0n) is 19.3. The topological polar surface area (TPSA) is 92.0 Å². The predicted molar refractivity (Wildman–Crippen MR) is 127 cm³/mol. The van der Waals surface area contributed by atoms with E-state index in [1.54, 1.807) is 18.9 Å². The van der Waals surface area contributed by atoms with Gasteiger partial charge in [0, 0.05) is 69.1 Å². The quantitative estimate of drug-likeness (QED) is 0.577. The molecule has 2 fully saturated rings. The second-order valence-corrected chi connectivity index (χ2v) is 8.61. The summed E-state index contributed by atoms with van der Waals surface area (Å²) in [5, 5.41) is 3.95. The third kappa shape index (κ3) is 4.33. The molecule has 0 radical (unpaired) electrons.